The van der Waals surface area contributed by atoms with E-state index in [4.69, 9.17) is 4.74 Å². The normalized spacial score (nSPS) is 10.3. The molecule has 1 heterocycles. The summed E-state index contributed by atoms with van der Waals surface area (Å²) in [7, 11) is 0. The number of thiophene rings is 1. The molecule has 0 aliphatic carbocycles. The van der Waals surface area contributed by atoms with Gasteiger partial charge in [0, 0.05) is 29.9 Å². The molecule has 0 saturated heterocycles. The molecule has 0 radical (unpaired) electrons. The van der Waals surface area contributed by atoms with Crippen LogP contribution in [0.25, 0.3) is 0 Å². The van der Waals surface area contributed by atoms with Gasteiger partial charge in [-0.2, -0.15) is 0 Å². The highest BCUT2D eigenvalue weighted by molar-refractivity contribution is 7.12. The van der Waals surface area contributed by atoms with Gasteiger partial charge in [-0.05, 0) is 47.8 Å². The lowest BCUT2D eigenvalue weighted by molar-refractivity contribution is -0.114. The lowest BCUT2D eigenvalue weighted by Crippen LogP contribution is -2.10. The van der Waals surface area contributed by atoms with Crippen LogP contribution in [0.5, 0.6) is 5.75 Å². The second kappa shape index (κ2) is 8.46. The van der Waals surface area contributed by atoms with Gasteiger partial charge in [0.15, 0.2) is 0 Å². The Labute approximate surface area is 159 Å². The summed E-state index contributed by atoms with van der Waals surface area (Å²) in [6.07, 6.45) is 0. The van der Waals surface area contributed by atoms with Crippen LogP contribution in [0.15, 0.2) is 60.0 Å². The van der Waals surface area contributed by atoms with Gasteiger partial charge in [0.05, 0.1) is 4.88 Å². The minimum atomic E-state index is -0.359. The second-order valence-electron chi connectivity index (χ2n) is 5.78. The second-order valence-corrected chi connectivity index (χ2v) is 6.69. The maximum absolute atomic E-state index is 13.1. The maximum Gasteiger partial charge on any atom is 0.265 e. The van der Waals surface area contributed by atoms with E-state index >= 15 is 0 Å². The van der Waals surface area contributed by atoms with Crippen molar-refractivity contribution in [3.63, 3.8) is 0 Å². The van der Waals surface area contributed by atoms with Gasteiger partial charge in [0.2, 0.25) is 5.91 Å². The van der Waals surface area contributed by atoms with E-state index in [0.717, 1.165) is 5.56 Å². The third-order valence-electron chi connectivity index (χ3n) is 3.54. The van der Waals surface area contributed by atoms with E-state index in [2.05, 4.69) is 10.6 Å². The number of hydrogen-bond donors (Lipinski definition) is 2. The van der Waals surface area contributed by atoms with Gasteiger partial charge in [0.25, 0.3) is 5.91 Å². The average Bonchev–Trinajstić information content (AvgIpc) is 3.10. The number of nitrogens with one attached hydrogen (secondary N) is 2. The van der Waals surface area contributed by atoms with Gasteiger partial charge >= 0.3 is 0 Å². The van der Waals surface area contributed by atoms with Crippen LogP contribution in [0, 0.1) is 5.82 Å². The molecule has 0 fully saturated rings. The standard InChI is InChI=1S/C20H17FN2O3S/c1-13(24)22-16-5-7-17(8-6-16)23-20(25)19-9-14(12-27-19)11-26-18-4-2-3-15(21)10-18/h2-10,12H,11H2,1H3,(H,22,24)(H,23,25). The summed E-state index contributed by atoms with van der Waals surface area (Å²) in [6, 6.07) is 14.5. The van der Waals surface area contributed by atoms with Crippen LogP contribution < -0.4 is 15.4 Å². The molecule has 1 aromatic heterocycles. The Balaban J connectivity index is 1.57. The van der Waals surface area contributed by atoms with Gasteiger partial charge in [0.1, 0.15) is 18.2 Å². The highest BCUT2D eigenvalue weighted by Gasteiger charge is 2.10. The molecule has 5 nitrogen and oxygen atoms in total. The molecule has 0 aliphatic rings. The first-order chi connectivity index (χ1) is 13.0. The van der Waals surface area contributed by atoms with E-state index in [-0.39, 0.29) is 24.2 Å². The molecule has 0 aliphatic heterocycles. The molecule has 3 rings (SSSR count). The minimum Gasteiger partial charge on any atom is -0.489 e. The van der Waals surface area contributed by atoms with Crippen LogP contribution >= 0.6 is 11.3 Å². The number of halogens is 1. The summed E-state index contributed by atoms with van der Waals surface area (Å²) in [6.45, 7) is 1.68. The Kier molecular flexibility index (Phi) is 5.83. The predicted octanol–water partition coefficient (Wildman–Crippen LogP) is 4.68. The molecule has 2 amide bonds. The molecule has 0 bridgehead atoms. The number of amides is 2. The Morgan fingerprint density at radius 2 is 1.74 bits per heavy atom. The van der Waals surface area contributed by atoms with Crippen LogP contribution in [0.4, 0.5) is 15.8 Å². The van der Waals surface area contributed by atoms with Crippen molar-refractivity contribution >= 4 is 34.5 Å². The van der Waals surface area contributed by atoms with Crippen molar-refractivity contribution in [2.75, 3.05) is 10.6 Å². The maximum atomic E-state index is 13.1. The first kappa shape index (κ1) is 18.6. The average molecular weight is 384 g/mol. The number of hydrogen-bond acceptors (Lipinski definition) is 4. The van der Waals surface area contributed by atoms with Crippen molar-refractivity contribution in [2.45, 2.75) is 13.5 Å². The molecule has 7 heteroatoms. The monoisotopic (exact) mass is 384 g/mol. The molecule has 27 heavy (non-hydrogen) atoms. The number of rotatable bonds is 6. The summed E-state index contributed by atoms with van der Waals surface area (Å²) in [5.74, 6) is -0.309. The van der Waals surface area contributed by atoms with Crippen LogP contribution in [-0.4, -0.2) is 11.8 Å². The topological polar surface area (TPSA) is 67.4 Å². The van der Waals surface area contributed by atoms with Crippen molar-refractivity contribution in [2.24, 2.45) is 0 Å². The number of ether oxygens (including phenoxy) is 1. The minimum absolute atomic E-state index is 0.154. The van der Waals surface area contributed by atoms with Gasteiger partial charge in [-0.3, -0.25) is 9.59 Å². The third kappa shape index (κ3) is 5.39. The zero-order chi connectivity index (χ0) is 19.2. The number of benzene rings is 2. The fraction of sp³-hybridized carbons (Fsp3) is 0.100. The van der Waals surface area contributed by atoms with Crippen LogP contribution in [0.1, 0.15) is 22.2 Å². The predicted molar refractivity (Wildman–Crippen MR) is 104 cm³/mol. The van der Waals surface area contributed by atoms with E-state index < -0.39 is 0 Å². The smallest absolute Gasteiger partial charge is 0.265 e. The highest BCUT2D eigenvalue weighted by atomic mass is 32.1. The Hall–Kier alpha value is -3.19. The Morgan fingerprint density at radius 1 is 1.04 bits per heavy atom. The Bertz CT molecular complexity index is 954. The molecule has 0 atom stereocenters. The fourth-order valence-electron chi connectivity index (χ4n) is 2.33. The lowest BCUT2D eigenvalue weighted by Gasteiger charge is -2.06. The largest absolute Gasteiger partial charge is 0.489 e. The van der Waals surface area contributed by atoms with Gasteiger partial charge in [-0.1, -0.05) is 6.07 Å². The van der Waals surface area contributed by atoms with Crippen molar-refractivity contribution in [3.05, 3.63) is 76.2 Å². The summed E-state index contributed by atoms with van der Waals surface area (Å²) in [5, 5.41) is 7.29. The van der Waals surface area contributed by atoms with E-state index in [1.807, 2.05) is 5.38 Å². The van der Waals surface area contributed by atoms with Gasteiger partial charge < -0.3 is 15.4 Å². The first-order valence-corrected chi connectivity index (χ1v) is 9.02. The number of carbonyl (C=O) groups excluding carboxylic acids is 2. The molecule has 0 spiro atoms. The molecule has 3 aromatic rings. The van der Waals surface area contributed by atoms with Crippen molar-refractivity contribution in [1.29, 1.82) is 0 Å². The van der Waals surface area contributed by atoms with Crippen LogP contribution in [0.3, 0.4) is 0 Å². The number of anilines is 2. The van der Waals surface area contributed by atoms with E-state index in [1.165, 1.54) is 30.4 Å². The quantitative estimate of drug-likeness (QED) is 0.649. The Morgan fingerprint density at radius 3 is 2.41 bits per heavy atom. The zero-order valence-corrected chi connectivity index (χ0v) is 15.3. The van der Waals surface area contributed by atoms with Crippen LogP contribution in [-0.2, 0) is 11.4 Å². The molecule has 138 valence electrons. The summed E-state index contributed by atoms with van der Waals surface area (Å²) in [4.78, 5) is 23.9. The van der Waals surface area contributed by atoms with Gasteiger partial charge in [-0.15, -0.1) is 11.3 Å². The molecular formula is C20H17FN2O3S. The highest BCUT2D eigenvalue weighted by Crippen LogP contribution is 2.20. The van der Waals surface area contributed by atoms with Crippen LogP contribution in [0.2, 0.25) is 0 Å². The van der Waals surface area contributed by atoms with Crippen molar-refractivity contribution in [3.8, 4) is 5.75 Å². The SMILES string of the molecule is CC(=O)Nc1ccc(NC(=O)c2cc(COc3cccc(F)c3)cs2)cc1. The summed E-state index contributed by atoms with van der Waals surface area (Å²) < 4.78 is 18.7. The third-order valence-corrected chi connectivity index (χ3v) is 4.52. The lowest BCUT2D eigenvalue weighted by atomic mass is 10.2. The molecule has 2 aromatic carbocycles. The van der Waals surface area contributed by atoms with Gasteiger partial charge in [-0.25, -0.2) is 4.39 Å². The molecular weight excluding hydrogens is 367 g/mol. The zero-order valence-electron chi connectivity index (χ0n) is 14.5. The molecule has 2 N–H and O–H groups in total. The van der Waals surface area contributed by atoms with E-state index in [0.29, 0.717) is 22.0 Å². The first-order valence-electron chi connectivity index (χ1n) is 8.14. The van der Waals surface area contributed by atoms with E-state index in [9.17, 15) is 14.0 Å². The van der Waals surface area contributed by atoms with E-state index in [1.54, 1.807) is 42.5 Å². The molecule has 0 saturated carbocycles. The summed E-state index contributed by atoms with van der Waals surface area (Å²) in [5.41, 5.74) is 2.11. The van der Waals surface area contributed by atoms with Crippen molar-refractivity contribution in [1.82, 2.24) is 0 Å². The summed E-state index contributed by atoms with van der Waals surface area (Å²) >= 11 is 1.30. The number of carbonyl (C=O) groups is 2. The molecule has 0 unspecified atom stereocenters. The fourth-order valence-corrected chi connectivity index (χ4v) is 3.12. The van der Waals surface area contributed by atoms with Crippen molar-refractivity contribution < 1.29 is 18.7 Å².